The molecule has 0 aromatic carbocycles. The van der Waals surface area contributed by atoms with Gasteiger partial charge in [-0.25, -0.2) is 15.0 Å². The van der Waals surface area contributed by atoms with E-state index in [0.29, 0.717) is 17.0 Å². The van der Waals surface area contributed by atoms with Gasteiger partial charge in [0.2, 0.25) is 0 Å². The van der Waals surface area contributed by atoms with E-state index < -0.39 is 18.5 Å². The van der Waals surface area contributed by atoms with Gasteiger partial charge in [-0.2, -0.15) is 0 Å². The summed E-state index contributed by atoms with van der Waals surface area (Å²) in [4.78, 5) is 12.3. The molecule has 0 saturated carbocycles. The van der Waals surface area contributed by atoms with Crippen LogP contribution in [0.2, 0.25) is 0 Å². The first kappa shape index (κ1) is 14.7. The zero-order valence-corrected chi connectivity index (χ0v) is 12.2. The lowest BCUT2D eigenvalue weighted by Crippen LogP contribution is -2.43. The Morgan fingerprint density at radius 2 is 2.09 bits per heavy atom. The Bertz CT molecular complexity index is 684. The van der Waals surface area contributed by atoms with Crippen molar-refractivity contribution in [3.8, 4) is 0 Å². The summed E-state index contributed by atoms with van der Waals surface area (Å²) in [6.07, 6.45) is 3.89. The number of imidazole rings is 1. The number of methoxy groups -OCH3 is 2. The first-order valence-corrected chi connectivity index (χ1v) is 6.66. The lowest BCUT2D eigenvalue weighted by molar-refractivity contribution is -0.192. The number of nitrogen functional groups attached to an aromatic ring is 1. The Morgan fingerprint density at radius 1 is 1.32 bits per heavy atom. The Morgan fingerprint density at radius 3 is 2.82 bits per heavy atom. The van der Waals surface area contributed by atoms with Crippen molar-refractivity contribution in [2.45, 2.75) is 24.5 Å². The number of nitrogens with zero attached hydrogens (tertiary/aromatic N) is 4. The number of rotatable bonds is 5. The zero-order valence-electron chi connectivity index (χ0n) is 12.2. The minimum atomic E-state index is -0.994. The van der Waals surface area contributed by atoms with Crippen molar-refractivity contribution in [1.82, 2.24) is 19.5 Å². The predicted octanol–water partition coefficient (Wildman–Crippen LogP) is -0.158. The summed E-state index contributed by atoms with van der Waals surface area (Å²) < 4.78 is 17.5. The van der Waals surface area contributed by atoms with Gasteiger partial charge in [0.25, 0.3) is 0 Å². The molecule has 3 atom stereocenters. The highest BCUT2D eigenvalue weighted by Crippen LogP contribution is 2.30. The van der Waals surface area contributed by atoms with E-state index in [1.807, 2.05) is 0 Å². The highest BCUT2D eigenvalue weighted by atomic mass is 16.7. The van der Waals surface area contributed by atoms with Crippen molar-refractivity contribution >= 4 is 17.0 Å². The third kappa shape index (κ3) is 2.28. The van der Waals surface area contributed by atoms with Crippen LogP contribution in [0, 0.1) is 0 Å². The molecule has 1 aliphatic heterocycles. The predicted molar refractivity (Wildman–Crippen MR) is 76.6 cm³/mol. The first-order chi connectivity index (χ1) is 10.7. The van der Waals surface area contributed by atoms with Gasteiger partial charge in [0.1, 0.15) is 17.9 Å². The highest BCUT2D eigenvalue weighted by molar-refractivity contribution is 5.81. The van der Waals surface area contributed by atoms with Crippen molar-refractivity contribution in [2.75, 3.05) is 20.0 Å². The zero-order chi connectivity index (χ0) is 15.7. The molecule has 0 amide bonds. The van der Waals surface area contributed by atoms with Crippen LogP contribution in [-0.4, -0.2) is 57.3 Å². The molecule has 0 saturated heterocycles. The molecule has 0 fully saturated rings. The van der Waals surface area contributed by atoms with Crippen LogP contribution in [0.25, 0.3) is 11.2 Å². The second kappa shape index (κ2) is 5.87. The lowest BCUT2D eigenvalue weighted by Gasteiger charge is -2.28. The smallest absolute Gasteiger partial charge is 0.186 e. The van der Waals surface area contributed by atoms with E-state index in [0.717, 1.165) is 0 Å². The Labute approximate surface area is 126 Å². The van der Waals surface area contributed by atoms with Crippen LogP contribution in [0.4, 0.5) is 5.82 Å². The summed E-state index contributed by atoms with van der Waals surface area (Å²) >= 11 is 0. The van der Waals surface area contributed by atoms with E-state index in [1.165, 1.54) is 26.8 Å². The number of hydrogen-bond acceptors (Lipinski definition) is 8. The Hall–Kier alpha value is -2.23. The first-order valence-electron chi connectivity index (χ1n) is 6.66. The Kier molecular flexibility index (Phi) is 3.92. The highest BCUT2D eigenvalue weighted by Gasteiger charge is 2.38. The topological polar surface area (TPSA) is 118 Å². The number of ether oxygens (including phenoxy) is 3. The number of aromatic nitrogens is 4. The summed E-state index contributed by atoms with van der Waals surface area (Å²) in [5.41, 5.74) is 6.86. The molecule has 2 aromatic heterocycles. The molecule has 3 N–H and O–H groups in total. The minimum absolute atomic E-state index is 0.301. The van der Waals surface area contributed by atoms with E-state index in [4.69, 9.17) is 19.9 Å². The molecule has 3 heterocycles. The maximum Gasteiger partial charge on any atom is 0.186 e. The van der Waals surface area contributed by atoms with Crippen LogP contribution in [0.15, 0.2) is 25.0 Å². The molecule has 3 rings (SSSR count). The molecule has 22 heavy (non-hydrogen) atoms. The van der Waals surface area contributed by atoms with Crippen molar-refractivity contribution in [3.05, 3.63) is 25.0 Å². The molecule has 1 aliphatic rings. The summed E-state index contributed by atoms with van der Waals surface area (Å²) in [7, 11) is 2.91. The third-order valence-electron chi connectivity index (χ3n) is 3.64. The summed E-state index contributed by atoms with van der Waals surface area (Å²) in [6.45, 7) is 0. The van der Waals surface area contributed by atoms with Crippen molar-refractivity contribution in [1.29, 1.82) is 0 Å². The largest absolute Gasteiger partial charge is 0.493 e. The second-order valence-electron chi connectivity index (χ2n) is 4.83. The van der Waals surface area contributed by atoms with Gasteiger partial charge in [-0.1, -0.05) is 0 Å². The van der Waals surface area contributed by atoms with Crippen LogP contribution in [-0.2, 0) is 14.2 Å². The van der Waals surface area contributed by atoms with Crippen LogP contribution in [0.5, 0.6) is 0 Å². The summed E-state index contributed by atoms with van der Waals surface area (Å²) in [5.74, 6) is 0.301. The fraction of sp³-hybridized carbons (Fsp3) is 0.462. The third-order valence-corrected chi connectivity index (χ3v) is 3.64. The van der Waals surface area contributed by atoms with Crippen molar-refractivity contribution in [2.24, 2.45) is 0 Å². The molecular weight excluding hydrogens is 290 g/mol. The number of anilines is 1. The number of fused-ring (bicyclic) bond motifs is 1. The maximum atomic E-state index is 10.4. The fourth-order valence-corrected chi connectivity index (χ4v) is 2.56. The summed E-state index contributed by atoms with van der Waals surface area (Å²) in [5, 5.41) is 10.4. The van der Waals surface area contributed by atoms with E-state index in [1.54, 1.807) is 17.0 Å². The van der Waals surface area contributed by atoms with Crippen molar-refractivity contribution < 1.29 is 19.3 Å². The molecule has 0 radical (unpaired) electrons. The number of nitrogens with two attached hydrogens (primary N) is 1. The number of aliphatic hydroxyl groups excluding tert-OH is 1. The van der Waals surface area contributed by atoms with Gasteiger partial charge in [0.05, 0.1) is 18.6 Å². The van der Waals surface area contributed by atoms with E-state index in [2.05, 4.69) is 15.0 Å². The van der Waals surface area contributed by atoms with Crippen LogP contribution < -0.4 is 5.73 Å². The summed E-state index contributed by atoms with van der Waals surface area (Å²) in [6, 6.07) is -0.318. The van der Waals surface area contributed by atoms with Gasteiger partial charge >= 0.3 is 0 Å². The second-order valence-corrected chi connectivity index (χ2v) is 4.83. The van der Waals surface area contributed by atoms with Gasteiger partial charge in [-0.3, -0.25) is 0 Å². The molecule has 118 valence electrons. The van der Waals surface area contributed by atoms with Gasteiger partial charge in [0, 0.05) is 14.2 Å². The van der Waals surface area contributed by atoms with Crippen molar-refractivity contribution in [3.63, 3.8) is 0 Å². The Balaban J connectivity index is 1.95. The lowest BCUT2D eigenvalue weighted by atomic mass is 10.1. The molecule has 3 unspecified atom stereocenters. The van der Waals surface area contributed by atoms with Gasteiger partial charge in [0.15, 0.2) is 23.9 Å². The van der Waals surface area contributed by atoms with Crippen LogP contribution >= 0.6 is 0 Å². The molecule has 9 heteroatoms. The van der Waals surface area contributed by atoms with Gasteiger partial charge in [-0.15, -0.1) is 0 Å². The average Bonchev–Trinajstić information content (AvgIpc) is 3.15. The molecule has 2 aromatic rings. The fourth-order valence-electron chi connectivity index (χ4n) is 2.56. The SMILES string of the molecule is COC(OC)C(O)C1OC=CC1n1cnc2c(N)ncnc21. The molecule has 9 nitrogen and oxygen atoms in total. The minimum Gasteiger partial charge on any atom is -0.493 e. The molecular formula is C13H17N5O4. The number of hydrogen-bond donors (Lipinski definition) is 2. The van der Waals surface area contributed by atoms with Crippen LogP contribution in [0.3, 0.4) is 0 Å². The van der Waals surface area contributed by atoms with E-state index >= 15 is 0 Å². The van der Waals surface area contributed by atoms with E-state index in [9.17, 15) is 5.11 Å². The number of aliphatic hydroxyl groups is 1. The molecule has 0 aliphatic carbocycles. The normalized spacial score (nSPS) is 22.4. The van der Waals surface area contributed by atoms with Gasteiger partial charge in [-0.05, 0) is 6.08 Å². The average molecular weight is 307 g/mol. The van der Waals surface area contributed by atoms with Gasteiger partial charge < -0.3 is 29.6 Å². The monoisotopic (exact) mass is 307 g/mol. The quantitative estimate of drug-likeness (QED) is 0.732. The van der Waals surface area contributed by atoms with Crippen LogP contribution in [0.1, 0.15) is 6.04 Å². The molecule has 0 spiro atoms. The van der Waals surface area contributed by atoms with E-state index in [-0.39, 0.29) is 6.04 Å². The molecule has 0 bridgehead atoms. The standard InChI is InChI=1S/C13H17N5O4/c1-20-13(21-2)9(19)10-7(3-4-22-10)18-6-17-8-11(14)15-5-16-12(8)18/h3-7,9-10,13,19H,1-2H3,(H2,14,15,16). The maximum absolute atomic E-state index is 10.4.